The third-order valence-corrected chi connectivity index (χ3v) is 12.4. The van der Waals surface area contributed by atoms with Gasteiger partial charge in [-0.3, -0.25) is 0 Å². The van der Waals surface area contributed by atoms with Gasteiger partial charge in [0.2, 0.25) is 0 Å². The summed E-state index contributed by atoms with van der Waals surface area (Å²) in [6.07, 6.45) is 9.27. The highest BCUT2D eigenvalue weighted by molar-refractivity contribution is 9.11. The third kappa shape index (κ3) is 12.6. The van der Waals surface area contributed by atoms with Crippen molar-refractivity contribution in [1.29, 1.82) is 0 Å². The van der Waals surface area contributed by atoms with E-state index in [1.54, 1.807) is 36.9 Å². The van der Waals surface area contributed by atoms with Gasteiger partial charge in [0, 0.05) is 45.2 Å². The Bertz CT molecular complexity index is 2170. The number of thiazole rings is 2. The van der Waals surface area contributed by atoms with Crippen molar-refractivity contribution in [1.82, 2.24) is 9.97 Å². The lowest BCUT2D eigenvalue weighted by Gasteiger charge is -2.21. The van der Waals surface area contributed by atoms with Crippen molar-refractivity contribution < 1.29 is 23.3 Å². The van der Waals surface area contributed by atoms with Crippen LogP contribution in [0.5, 0.6) is 11.5 Å². The summed E-state index contributed by atoms with van der Waals surface area (Å²) < 4.78 is 37.8. The first-order chi connectivity index (χ1) is 28.0. The number of hydrogen-bond acceptors (Lipinski definition) is 10. The molecule has 6 rings (SSSR count). The number of likely N-dealkylation sites (N-methyl/N-ethyl adjacent to an activating group) is 2. The number of ether oxygens (including phenoxy) is 4. The Balaban J connectivity index is 0.000000221. The van der Waals surface area contributed by atoms with E-state index in [-0.39, 0.29) is 6.61 Å². The van der Waals surface area contributed by atoms with Crippen molar-refractivity contribution in [3.63, 3.8) is 0 Å². The summed E-state index contributed by atoms with van der Waals surface area (Å²) in [4.78, 5) is 13.9. The molecule has 0 bridgehead atoms. The molecule has 0 aliphatic carbocycles. The maximum absolute atomic E-state index is 12.1. The number of rotatable bonds is 18. The van der Waals surface area contributed by atoms with Gasteiger partial charge in [0.15, 0.2) is 0 Å². The first-order valence-electron chi connectivity index (χ1n) is 19.0. The molecule has 0 saturated carbocycles. The molecule has 0 atom stereocenters. The summed E-state index contributed by atoms with van der Waals surface area (Å²) >= 11 is 10.4. The van der Waals surface area contributed by atoms with E-state index in [0.717, 1.165) is 94.8 Å². The van der Waals surface area contributed by atoms with Crippen LogP contribution in [-0.2, 0) is 9.47 Å². The van der Waals surface area contributed by atoms with E-state index in [4.69, 9.17) is 28.9 Å². The number of hydrogen-bond donors (Lipinski definition) is 0. The molecule has 2 heterocycles. The van der Waals surface area contributed by atoms with Crippen LogP contribution in [0.3, 0.4) is 0 Å². The second-order valence-electron chi connectivity index (χ2n) is 13.5. The Kier molecular flexibility index (Phi) is 17.6. The second-order valence-corrected chi connectivity index (χ2v) is 17.4. The zero-order chi connectivity index (χ0) is 41.6. The van der Waals surface area contributed by atoms with Gasteiger partial charge in [-0.05, 0) is 135 Å². The minimum Gasteiger partial charge on any atom is -0.496 e. The van der Waals surface area contributed by atoms with E-state index in [1.165, 1.54) is 16.0 Å². The molecule has 308 valence electrons. The molecule has 4 aromatic carbocycles. The fourth-order valence-electron chi connectivity index (χ4n) is 6.09. The van der Waals surface area contributed by atoms with Crippen molar-refractivity contribution in [2.75, 3.05) is 84.3 Å². The van der Waals surface area contributed by atoms with Gasteiger partial charge in [0.1, 0.15) is 28.2 Å². The van der Waals surface area contributed by atoms with Crippen LogP contribution in [0.4, 0.5) is 15.8 Å². The number of nitrogens with zero attached hydrogens (tertiary/aromatic N) is 4. The van der Waals surface area contributed by atoms with Crippen molar-refractivity contribution in [2.45, 2.75) is 27.2 Å². The van der Waals surface area contributed by atoms with E-state index >= 15 is 0 Å². The fraction of sp³-hybridized carbons (Fsp3) is 0.333. The predicted octanol–water partition coefficient (Wildman–Crippen LogP) is 12.4. The summed E-state index contributed by atoms with van der Waals surface area (Å²) in [5.74, 6) is 1.64. The standard InChI is InChI=1S/C23H27BrN2O2S.C22H24BrFN2O2S/c1-5-11-28-12-10-26(3)20-15-22-19(13-16(20)2)25-23(29-22)9-7-17-6-8-21(27-4)18(24)14-17;1-15-12-18-21(14-19(15)26(2)9-11-28-10-8-24)29-22(25-18)7-5-16-4-6-20(27-3)17(23)13-16/h6-9,13-15H,5,10-12H2,1-4H3;4-7,12-14H,8-11H2,1-3H3/b9-7+;7-5+. The highest BCUT2D eigenvalue weighted by atomic mass is 79.9. The molecule has 0 amide bonds. The minimum atomic E-state index is -0.445. The number of anilines is 2. The highest BCUT2D eigenvalue weighted by Crippen LogP contribution is 2.33. The van der Waals surface area contributed by atoms with Crippen molar-refractivity contribution >= 4 is 111 Å². The minimum absolute atomic E-state index is 0.154. The van der Waals surface area contributed by atoms with E-state index in [0.29, 0.717) is 13.2 Å². The molecule has 0 unspecified atom stereocenters. The number of methoxy groups -OCH3 is 2. The number of fused-ring (bicyclic) bond motifs is 2. The Labute approximate surface area is 366 Å². The van der Waals surface area contributed by atoms with Gasteiger partial charge < -0.3 is 28.7 Å². The van der Waals surface area contributed by atoms with Crippen molar-refractivity contribution in [3.05, 3.63) is 102 Å². The van der Waals surface area contributed by atoms with Crippen molar-refractivity contribution in [2.24, 2.45) is 0 Å². The van der Waals surface area contributed by atoms with Gasteiger partial charge in [-0.1, -0.05) is 31.2 Å². The highest BCUT2D eigenvalue weighted by Gasteiger charge is 2.12. The molecular weight excluding hydrogens is 903 g/mol. The molecule has 0 fully saturated rings. The van der Waals surface area contributed by atoms with Crippen LogP contribution in [0.2, 0.25) is 0 Å². The molecule has 58 heavy (non-hydrogen) atoms. The Morgan fingerprint density at radius 2 is 1.09 bits per heavy atom. The summed E-state index contributed by atoms with van der Waals surface area (Å²) in [6, 6.07) is 20.7. The van der Waals surface area contributed by atoms with Crippen molar-refractivity contribution in [3.8, 4) is 11.5 Å². The first-order valence-corrected chi connectivity index (χ1v) is 22.2. The molecule has 0 N–H and O–H groups in total. The molecule has 8 nitrogen and oxygen atoms in total. The topological polar surface area (TPSA) is 69.2 Å². The molecule has 0 aliphatic heterocycles. The van der Waals surface area contributed by atoms with E-state index in [1.807, 2.05) is 55.6 Å². The van der Waals surface area contributed by atoms with Gasteiger partial charge >= 0.3 is 0 Å². The molecule has 0 aliphatic rings. The van der Waals surface area contributed by atoms with E-state index in [2.05, 4.69) is 106 Å². The molecule has 13 heteroatoms. The average molecular weight is 955 g/mol. The maximum atomic E-state index is 12.1. The quantitative estimate of drug-likeness (QED) is 0.0789. The molecule has 0 radical (unpaired) electrons. The van der Waals surface area contributed by atoms with Crippen LogP contribution in [-0.4, -0.2) is 84.5 Å². The average Bonchev–Trinajstić information content (AvgIpc) is 3.81. The summed E-state index contributed by atoms with van der Waals surface area (Å²) in [6.45, 7) is 9.72. The van der Waals surface area contributed by atoms with Gasteiger partial charge in [0.05, 0.1) is 63.4 Å². The summed E-state index contributed by atoms with van der Waals surface area (Å²) in [5.41, 5.74) is 8.97. The zero-order valence-electron chi connectivity index (χ0n) is 34.1. The predicted molar refractivity (Wildman–Crippen MR) is 252 cm³/mol. The molecule has 0 saturated heterocycles. The van der Waals surface area contributed by atoms with Gasteiger partial charge in [-0.15, -0.1) is 22.7 Å². The smallest absolute Gasteiger partial charge is 0.133 e. The van der Waals surface area contributed by atoms with Crippen LogP contribution in [0.25, 0.3) is 44.7 Å². The third-order valence-electron chi connectivity index (χ3n) is 9.17. The number of aryl methyl sites for hydroxylation is 2. The van der Waals surface area contributed by atoms with Crippen LogP contribution in [0.1, 0.15) is 45.6 Å². The Hall–Kier alpha value is -3.85. The fourth-order valence-corrected chi connectivity index (χ4v) is 8.98. The largest absolute Gasteiger partial charge is 0.496 e. The monoisotopic (exact) mass is 952 g/mol. The summed E-state index contributed by atoms with van der Waals surface area (Å²) in [7, 11) is 7.47. The Morgan fingerprint density at radius 1 is 0.638 bits per heavy atom. The summed E-state index contributed by atoms with van der Waals surface area (Å²) in [5, 5.41) is 1.95. The SMILES string of the molecule is CCCOCCN(C)c1cc2sc(/C=C/c3ccc(OC)c(Br)c3)nc2cc1C.COc1ccc(/C=C/c2nc3cc(C)c(N(C)CCOCCF)cc3s2)cc1Br. The van der Waals surface area contributed by atoms with Crippen LogP contribution >= 0.6 is 54.5 Å². The van der Waals surface area contributed by atoms with Crippen LogP contribution in [0.15, 0.2) is 69.6 Å². The van der Waals surface area contributed by atoms with Gasteiger partial charge in [0.25, 0.3) is 0 Å². The number of aromatic nitrogens is 2. The van der Waals surface area contributed by atoms with Crippen LogP contribution in [0, 0.1) is 13.8 Å². The van der Waals surface area contributed by atoms with E-state index < -0.39 is 6.67 Å². The normalized spacial score (nSPS) is 11.5. The van der Waals surface area contributed by atoms with Gasteiger partial charge in [-0.25, -0.2) is 14.4 Å². The number of benzene rings is 4. The zero-order valence-corrected chi connectivity index (χ0v) is 38.9. The maximum Gasteiger partial charge on any atom is 0.133 e. The molecular formula is C45H51Br2FN4O4S2. The van der Waals surface area contributed by atoms with Crippen LogP contribution < -0.4 is 19.3 Å². The lowest BCUT2D eigenvalue weighted by Crippen LogP contribution is -2.23. The first kappa shape index (κ1) is 45.2. The Morgan fingerprint density at radius 3 is 1.48 bits per heavy atom. The molecule has 6 aromatic rings. The lowest BCUT2D eigenvalue weighted by atomic mass is 10.1. The molecule has 2 aromatic heterocycles. The van der Waals surface area contributed by atoms with Gasteiger partial charge in [-0.2, -0.15) is 0 Å². The molecule has 0 spiro atoms. The number of halogens is 3. The second kappa shape index (κ2) is 22.5. The lowest BCUT2D eigenvalue weighted by molar-refractivity contribution is 0.125. The number of alkyl halides is 1. The van der Waals surface area contributed by atoms with E-state index in [9.17, 15) is 4.39 Å².